The van der Waals surface area contributed by atoms with Crippen LogP contribution in [0.3, 0.4) is 0 Å². The fourth-order valence-corrected chi connectivity index (χ4v) is 4.16. The predicted molar refractivity (Wildman–Crippen MR) is 127 cm³/mol. The third-order valence-corrected chi connectivity index (χ3v) is 5.69. The Bertz CT molecular complexity index is 1270. The number of methoxy groups -OCH3 is 2. The quantitative estimate of drug-likeness (QED) is 0.456. The predicted octanol–water partition coefficient (Wildman–Crippen LogP) is 3.03. The minimum atomic E-state index is -0.173. The van der Waals surface area contributed by atoms with Crippen LogP contribution in [-0.2, 0) is 0 Å². The van der Waals surface area contributed by atoms with Crippen LogP contribution < -0.4 is 19.1 Å². The summed E-state index contributed by atoms with van der Waals surface area (Å²) < 4.78 is 17.0. The van der Waals surface area contributed by atoms with Crippen LogP contribution in [0.4, 0.5) is 5.82 Å². The van der Waals surface area contributed by atoms with Gasteiger partial charge >= 0.3 is 0 Å². The molecule has 0 saturated carbocycles. The van der Waals surface area contributed by atoms with Crippen LogP contribution in [0.5, 0.6) is 17.4 Å². The Hall–Kier alpha value is -3.43. The van der Waals surface area contributed by atoms with Gasteiger partial charge in [-0.3, -0.25) is 0 Å². The second kappa shape index (κ2) is 9.60. The number of para-hydroxylation sites is 2. The Balaban J connectivity index is 0.00000259. The third kappa shape index (κ3) is 4.29. The number of anilines is 1. The monoisotopic (exact) mass is 469 g/mol. The SMILES string of the molecule is COc1cc2ncnc(N3CC(Oc4cnc5ccccc5n4)CC3CO)c2cc1OC.Cl. The molecular weight excluding hydrogens is 446 g/mol. The molecule has 1 fully saturated rings. The number of rotatable bonds is 6. The molecule has 0 radical (unpaired) electrons. The van der Waals surface area contributed by atoms with Crippen molar-refractivity contribution in [2.24, 2.45) is 0 Å². The highest BCUT2D eigenvalue weighted by Gasteiger charge is 2.35. The molecule has 2 unspecified atom stereocenters. The van der Waals surface area contributed by atoms with E-state index in [1.54, 1.807) is 20.4 Å². The lowest BCUT2D eigenvalue weighted by Crippen LogP contribution is -2.33. The van der Waals surface area contributed by atoms with E-state index >= 15 is 0 Å². The van der Waals surface area contributed by atoms with Gasteiger partial charge in [0.15, 0.2) is 11.5 Å². The average Bonchev–Trinajstić information content (AvgIpc) is 3.25. The summed E-state index contributed by atoms with van der Waals surface area (Å²) in [6, 6.07) is 11.2. The summed E-state index contributed by atoms with van der Waals surface area (Å²) in [4.78, 5) is 19.9. The van der Waals surface area contributed by atoms with Crippen molar-refractivity contribution in [2.45, 2.75) is 18.6 Å². The van der Waals surface area contributed by atoms with Crippen LogP contribution in [0, 0.1) is 0 Å². The highest BCUT2D eigenvalue weighted by Crippen LogP contribution is 2.37. The molecule has 9 nitrogen and oxygen atoms in total. The Labute approximate surface area is 196 Å². The second-order valence-electron chi connectivity index (χ2n) is 7.58. The zero-order valence-electron chi connectivity index (χ0n) is 18.2. The molecular formula is C23H24ClN5O4. The summed E-state index contributed by atoms with van der Waals surface area (Å²) in [5.41, 5.74) is 2.33. The largest absolute Gasteiger partial charge is 0.493 e. The molecule has 2 atom stereocenters. The maximum absolute atomic E-state index is 10.1. The molecule has 5 rings (SSSR count). The number of nitrogens with zero attached hydrogens (tertiary/aromatic N) is 5. The van der Waals surface area contributed by atoms with Crippen LogP contribution in [0.15, 0.2) is 48.9 Å². The van der Waals surface area contributed by atoms with E-state index in [2.05, 4.69) is 24.8 Å². The molecule has 1 aliphatic heterocycles. The first kappa shape index (κ1) is 22.8. The van der Waals surface area contributed by atoms with E-state index in [9.17, 15) is 5.11 Å². The zero-order chi connectivity index (χ0) is 22.1. The van der Waals surface area contributed by atoms with Crippen molar-refractivity contribution in [3.8, 4) is 17.4 Å². The van der Waals surface area contributed by atoms with Crippen LogP contribution in [-0.4, -0.2) is 64.6 Å². The van der Waals surface area contributed by atoms with Crippen molar-refractivity contribution in [1.82, 2.24) is 19.9 Å². The molecule has 2 aromatic heterocycles. The Kier molecular flexibility index (Phi) is 6.62. The standard InChI is InChI=1S/C23H23N5O4.ClH/c1-30-20-8-16-19(9-21(20)31-2)25-13-26-23(16)28-11-15(7-14(28)12-29)32-22-10-24-17-5-3-4-6-18(17)27-22;/h3-6,8-10,13-15,29H,7,11-12H2,1-2H3;1H. The lowest BCUT2D eigenvalue weighted by atomic mass is 10.1. The van der Waals surface area contributed by atoms with E-state index in [-0.39, 0.29) is 31.2 Å². The summed E-state index contributed by atoms with van der Waals surface area (Å²) in [6.45, 7) is 0.516. The van der Waals surface area contributed by atoms with E-state index in [0.29, 0.717) is 36.2 Å². The Morgan fingerprint density at radius 1 is 1.00 bits per heavy atom. The normalized spacial score (nSPS) is 17.7. The minimum absolute atomic E-state index is 0. The van der Waals surface area contributed by atoms with Crippen molar-refractivity contribution in [3.05, 3.63) is 48.9 Å². The summed E-state index contributed by atoms with van der Waals surface area (Å²) in [5, 5.41) is 10.9. The molecule has 0 spiro atoms. The first-order chi connectivity index (χ1) is 15.7. The molecule has 172 valence electrons. The van der Waals surface area contributed by atoms with Crippen molar-refractivity contribution in [1.29, 1.82) is 0 Å². The van der Waals surface area contributed by atoms with Crippen LogP contribution in [0.25, 0.3) is 21.9 Å². The summed E-state index contributed by atoms with van der Waals surface area (Å²) in [5.74, 6) is 2.37. The number of halogens is 1. The lowest BCUT2D eigenvalue weighted by Gasteiger charge is -2.25. The van der Waals surface area contributed by atoms with Crippen molar-refractivity contribution in [3.63, 3.8) is 0 Å². The van der Waals surface area contributed by atoms with E-state index in [1.807, 2.05) is 36.4 Å². The van der Waals surface area contributed by atoms with Gasteiger partial charge in [0.2, 0.25) is 5.88 Å². The smallest absolute Gasteiger partial charge is 0.233 e. The Morgan fingerprint density at radius 2 is 1.76 bits per heavy atom. The zero-order valence-corrected chi connectivity index (χ0v) is 19.0. The molecule has 0 amide bonds. The first-order valence-corrected chi connectivity index (χ1v) is 10.3. The van der Waals surface area contributed by atoms with Crippen molar-refractivity contribution < 1.29 is 19.3 Å². The number of fused-ring (bicyclic) bond motifs is 2. The molecule has 10 heteroatoms. The van der Waals surface area contributed by atoms with E-state index in [4.69, 9.17) is 14.2 Å². The van der Waals surface area contributed by atoms with Gasteiger partial charge < -0.3 is 24.2 Å². The first-order valence-electron chi connectivity index (χ1n) is 10.3. The number of aliphatic hydroxyl groups is 1. The minimum Gasteiger partial charge on any atom is -0.493 e. The maximum atomic E-state index is 10.1. The Morgan fingerprint density at radius 3 is 2.52 bits per heavy atom. The molecule has 4 aromatic rings. The second-order valence-corrected chi connectivity index (χ2v) is 7.58. The topological polar surface area (TPSA) is 103 Å². The van der Waals surface area contributed by atoms with Crippen molar-refractivity contribution >= 4 is 40.2 Å². The van der Waals surface area contributed by atoms with Gasteiger partial charge in [0.1, 0.15) is 18.2 Å². The van der Waals surface area contributed by atoms with Gasteiger partial charge in [-0.15, -0.1) is 12.4 Å². The molecule has 33 heavy (non-hydrogen) atoms. The number of hydrogen-bond donors (Lipinski definition) is 1. The third-order valence-electron chi connectivity index (χ3n) is 5.69. The number of aliphatic hydroxyl groups excluding tert-OH is 1. The summed E-state index contributed by atoms with van der Waals surface area (Å²) >= 11 is 0. The number of benzene rings is 2. The summed E-state index contributed by atoms with van der Waals surface area (Å²) in [6.07, 6.45) is 3.61. The van der Waals surface area contributed by atoms with Gasteiger partial charge in [-0.2, -0.15) is 0 Å². The molecule has 1 aliphatic rings. The van der Waals surface area contributed by atoms with Gasteiger partial charge in [-0.05, 0) is 18.2 Å². The maximum Gasteiger partial charge on any atom is 0.233 e. The summed E-state index contributed by atoms with van der Waals surface area (Å²) in [7, 11) is 3.18. The molecule has 3 heterocycles. The van der Waals surface area contributed by atoms with Gasteiger partial charge in [0.25, 0.3) is 0 Å². The fraction of sp³-hybridized carbons (Fsp3) is 0.304. The lowest BCUT2D eigenvalue weighted by molar-refractivity contribution is 0.199. The van der Waals surface area contributed by atoms with Gasteiger partial charge in [0.05, 0.1) is 56.2 Å². The van der Waals surface area contributed by atoms with Crippen LogP contribution in [0.2, 0.25) is 0 Å². The van der Waals surface area contributed by atoms with E-state index in [1.165, 1.54) is 6.33 Å². The molecule has 2 aromatic carbocycles. The molecule has 0 bridgehead atoms. The average molecular weight is 470 g/mol. The van der Waals surface area contributed by atoms with E-state index < -0.39 is 0 Å². The van der Waals surface area contributed by atoms with Gasteiger partial charge in [-0.25, -0.2) is 19.9 Å². The molecule has 1 N–H and O–H groups in total. The molecule has 1 saturated heterocycles. The highest BCUT2D eigenvalue weighted by atomic mass is 35.5. The fourth-order valence-electron chi connectivity index (χ4n) is 4.16. The van der Waals surface area contributed by atoms with Gasteiger partial charge in [0, 0.05) is 17.9 Å². The number of ether oxygens (including phenoxy) is 3. The van der Waals surface area contributed by atoms with Crippen molar-refractivity contribution in [2.75, 3.05) is 32.3 Å². The molecule has 0 aliphatic carbocycles. The van der Waals surface area contributed by atoms with Crippen LogP contribution in [0.1, 0.15) is 6.42 Å². The highest BCUT2D eigenvalue weighted by molar-refractivity contribution is 5.92. The van der Waals surface area contributed by atoms with Gasteiger partial charge in [-0.1, -0.05) is 12.1 Å². The number of aromatic nitrogens is 4. The van der Waals surface area contributed by atoms with E-state index in [0.717, 1.165) is 21.9 Å². The number of hydrogen-bond acceptors (Lipinski definition) is 9. The van der Waals surface area contributed by atoms with Crippen LogP contribution >= 0.6 is 12.4 Å².